The lowest BCUT2D eigenvalue weighted by atomic mass is 10.0. The summed E-state index contributed by atoms with van der Waals surface area (Å²) in [5, 5.41) is 3.69. The number of piperazine rings is 1. The molecule has 1 aromatic rings. The number of aromatic nitrogens is 1. The van der Waals surface area contributed by atoms with Gasteiger partial charge in [-0.2, -0.15) is 0 Å². The van der Waals surface area contributed by atoms with Gasteiger partial charge in [-0.25, -0.2) is 13.4 Å². The van der Waals surface area contributed by atoms with Gasteiger partial charge in [-0.3, -0.25) is 9.69 Å². The number of nitrogens with zero attached hydrogens (tertiary/aromatic N) is 3. The molecule has 1 amide bonds. The molecule has 1 aromatic heterocycles. The van der Waals surface area contributed by atoms with Crippen LogP contribution in [0.1, 0.15) is 28.2 Å². The highest BCUT2D eigenvalue weighted by molar-refractivity contribution is 7.91. The van der Waals surface area contributed by atoms with E-state index in [1.165, 1.54) is 24.2 Å². The van der Waals surface area contributed by atoms with Crippen LogP contribution in [0.25, 0.3) is 0 Å². The van der Waals surface area contributed by atoms with Crippen molar-refractivity contribution >= 4 is 32.2 Å². The maximum Gasteiger partial charge on any atom is 0.266 e. The number of hydrogen-bond acceptors (Lipinski definition) is 7. The Hall–Kier alpha value is -1.19. The topological polar surface area (TPSA) is 82.6 Å². The summed E-state index contributed by atoms with van der Waals surface area (Å²) in [6, 6.07) is -0.287. The average molecular weight is 385 g/mol. The lowest BCUT2D eigenvalue weighted by molar-refractivity contribution is 0.0321. The third kappa shape index (κ3) is 3.29. The van der Waals surface area contributed by atoms with Gasteiger partial charge in [0.25, 0.3) is 5.91 Å². The van der Waals surface area contributed by atoms with Gasteiger partial charge in [0.15, 0.2) is 15.0 Å². The van der Waals surface area contributed by atoms with E-state index in [2.05, 4.69) is 15.2 Å². The smallest absolute Gasteiger partial charge is 0.266 e. The third-order valence-corrected chi connectivity index (χ3v) is 8.31. The van der Waals surface area contributed by atoms with Crippen LogP contribution in [0.15, 0.2) is 0 Å². The molecule has 9 heteroatoms. The Morgan fingerprint density at radius 2 is 2.00 bits per heavy atom. The van der Waals surface area contributed by atoms with Crippen molar-refractivity contribution in [2.45, 2.75) is 31.8 Å². The Morgan fingerprint density at radius 3 is 2.64 bits per heavy atom. The summed E-state index contributed by atoms with van der Waals surface area (Å²) in [7, 11) is -1.31. The maximum absolute atomic E-state index is 13.1. The lowest BCUT2D eigenvalue weighted by Gasteiger charge is -2.44. The van der Waals surface area contributed by atoms with Gasteiger partial charge >= 0.3 is 0 Å². The van der Waals surface area contributed by atoms with Gasteiger partial charge in [0.2, 0.25) is 0 Å². The maximum atomic E-state index is 13.1. The number of sulfone groups is 1. The van der Waals surface area contributed by atoms with Crippen LogP contribution in [-0.4, -0.2) is 79.4 Å². The monoisotopic (exact) mass is 384 g/mol. The van der Waals surface area contributed by atoms with Crippen molar-refractivity contribution in [3.8, 4) is 0 Å². The summed E-state index contributed by atoms with van der Waals surface area (Å²) >= 11 is 1.34. The van der Waals surface area contributed by atoms with Crippen molar-refractivity contribution in [2.75, 3.05) is 43.5 Å². The number of carbonyl (C=O) groups is 1. The predicted molar refractivity (Wildman–Crippen MR) is 98.0 cm³/mol. The third-order valence-electron chi connectivity index (χ3n) is 5.45. The highest BCUT2D eigenvalue weighted by Gasteiger charge is 2.49. The molecule has 3 aliphatic rings. The largest absolute Gasteiger partial charge is 0.365 e. The number of carbonyl (C=O) groups excluding carboxylic acids is 1. The van der Waals surface area contributed by atoms with Crippen LogP contribution in [0.5, 0.6) is 0 Å². The molecule has 0 bridgehead atoms. The first-order chi connectivity index (χ1) is 11.9. The second-order valence-corrected chi connectivity index (χ2v) is 10.5. The standard InChI is InChI=1S/C16H24N4O3S2/c1-10-14(24-16(17-2)18-10)15(21)20-6-5-19(7-11-3-4-11)12-8-25(22,23)9-13(12)20/h11-13H,3-9H2,1-2H3,(H,17,18)/t12-,13+/m1/s1. The van der Waals surface area contributed by atoms with E-state index in [1.54, 1.807) is 11.9 Å². The number of thiazole rings is 1. The first-order valence-electron chi connectivity index (χ1n) is 8.78. The molecule has 3 fully saturated rings. The van der Waals surface area contributed by atoms with Gasteiger partial charge in [0, 0.05) is 32.7 Å². The normalized spacial score (nSPS) is 28.8. The van der Waals surface area contributed by atoms with Gasteiger partial charge < -0.3 is 10.2 Å². The quantitative estimate of drug-likeness (QED) is 0.828. The molecule has 138 valence electrons. The van der Waals surface area contributed by atoms with Crippen molar-refractivity contribution < 1.29 is 13.2 Å². The molecule has 0 radical (unpaired) electrons. The molecule has 3 heterocycles. The van der Waals surface area contributed by atoms with E-state index in [0.717, 1.165) is 13.1 Å². The molecule has 2 aliphatic heterocycles. The number of amides is 1. The zero-order valence-corrected chi connectivity index (χ0v) is 16.2. The zero-order valence-electron chi connectivity index (χ0n) is 14.6. The van der Waals surface area contributed by atoms with Crippen LogP contribution in [0.4, 0.5) is 5.13 Å². The molecule has 0 aromatic carbocycles. The molecule has 1 N–H and O–H groups in total. The van der Waals surface area contributed by atoms with E-state index in [0.29, 0.717) is 28.2 Å². The number of rotatable bonds is 4. The van der Waals surface area contributed by atoms with Crippen LogP contribution in [0.2, 0.25) is 0 Å². The van der Waals surface area contributed by atoms with Crippen LogP contribution in [-0.2, 0) is 9.84 Å². The Kier molecular flexibility index (Phi) is 4.28. The molecule has 2 atom stereocenters. The number of aryl methyl sites for hydroxylation is 1. The van der Waals surface area contributed by atoms with Gasteiger partial charge in [-0.15, -0.1) is 0 Å². The number of anilines is 1. The average Bonchev–Trinajstić information content (AvgIpc) is 3.19. The fourth-order valence-corrected chi connectivity index (χ4v) is 6.86. The number of hydrogen-bond donors (Lipinski definition) is 1. The Bertz CT molecular complexity index is 787. The van der Waals surface area contributed by atoms with Gasteiger partial charge in [0.05, 0.1) is 23.2 Å². The van der Waals surface area contributed by atoms with E-state index < -0.39 is 9.84 Å². The minimum Gasteiger partial charge on any atom is -0.365 e. The van der Waals surface area contributed by atoms with Crippen molar-refractivity contribution in [3.05, 3.63) is 10.6 Å². The summed E-state index contributed by atoms with van der Waals surface area (Å²) in [6.45, 7) is 4.16. The first kappa shape index (κ1) is 17.2. The highest BCUT2D eigenvalue weighted by Crippen LogP contribution is 2.35. The van der Waals surface area contributed by atoms with Gasteiger partial charge in [0.1, 0.15) is 4.88 Å². The second-order valence-electron chi connectivity index (χ2n) is 7.33. The highest BCUT2D eigenvalue weighted by atomic mass is 32.2. The van der Waals surface area contributed by atoms with Crippen LogP contribution in [0, 0.1) is 12.8 Å². The van der Waals surface area contributed by atoms with E-state index in [-0.39, 0.29) is 29.5 Å². The minimum absolute atomic E-state index is 0.0553. The van der Waals surface area contributed by atoms with Gasteiger partial charge in [-0.05, 0) is 25.7 Å². The SMILES string of the molecule is CNc1nc(C)c(C(=O)N2CCN(CC3CC3)[C@@H]3CS(=O)(=O)C[C@@H]32)s1. The Morgan fingerprint density at radius 1 is 1.28 bits per heavy atom. The van der Waals surface area contributed by atoms with Crippen LogP contribution < -0.4 is 5.32 Å². The molecule has 0 unspecified atom stereocenters. The summed E-state index contributed by atoms with van der Waals surface area (Å²) in [6.07, 6.45) is 2.49. The molecular weight excluding hydrogens is 360 g/mol. The van der Waals surface area contributed by atoms with Crippen molar-refractivity contribution in [1.29, 1.82) is 0 Å². The van der Waals surface area contributed by atoms with Gasteiger partial charge in [-0.1, -0.05) is 11.3 Å². The lowest BCUT2D eigenvalue weighted by Crippen LogP contribution is -2.60. The molecule has 0 spiro atoms. The predicted octanol–water partition coefficient (Wildman–Crippen LogP) is 0.827. The molecule has 2 saturated heterocycles. The van der Waals surface area contributed by atoms with Crippen LogP contribution in [0.3, 0.4) is 0 Å². The summed E-state index contributed by atoms with van der Waals surface area (Å²) in [5.74, 6) is 0.904. The Balaban J connectivity index is 1.59. The first-order valence-corrected chi connectivity index (χ1v) is 11.4. The fraction of sp³-hybridized carbons (Fsp3) is 0.750. The molecule has 1 saturated carbocycles. The summed E-state index contributed by atoms with van der Waals surface area (Å²) in [5.41, 5.74) is 0.706. The second kappa shape index (κ2) is 6.21. The van der Waals surface area contributed by atoms with Crippen molar-refractivity contribution in [1.82, 2.24) is 14.8 Å². The molecule has 25 heavy (non-hydrogen) atoms. The van der Waals surface area contributed by atoms with E-state index >= 15 is 0 Å². The van der Waals surface area contributed by atoms with E-state index in [1.807, 2.05) is 6.92 Å². The number of fused-ring (bicyclic) bond motifs is 1. The van der Waals surface area contributed by atoms with E-state index in [9.17, 15) is 13.2 Å². The van der Waals surface area contributed by atoms with Crippen molar-refractivity contribution in [2.24, 2.45) is 5.92 Å². The number of nitrogens with one attached hydrogen (secondary N) is 1. The van der Waals surface area contributed by atoms with Crippen LogP contribution >= 0.6 is 11.3 Å². The van der Waals surface area contributed by atoms with Crippen molar-refractivity contribution in [3.63, 3.8) is 0 Å². The molecule has 4 rings (SSSR count). The zero-order chi connectivity index (χ0) is 17.8. The molecular formula is C16H24N4O3S2. The molecule has 7 nitrogen and oxygen atoms in total. The minimum atomic E-state index is -3.10. The summed E-state index contributed by atoms with van der Waals surface area (Å²) in [4.78, 5) is 22.2. The fourth-order valence-electron chi connectivity index (χ4n) is 3.97. The van der Waals surface area contributed by atoms with E-state index in [4.69, 9.17) is 0 Å². The summed E-state index contributed by atoms with van der Waals surface area (Å²) < 4.78 is 24.6. The molecule has 1 aliphatic carbocycles. The Labute approximate surface area is 152 Å².